The molecule has 1 atom stereocenters. The Kier molecular flexibility index (Phi) is 7.53. The number of ketones is 1. The number of rotatable bonds is 9. The van der Waals surface area contributed by atoms with E-state index in [0.717, 1.165) is 0 Å². The SMILES string of the molecule is COc1ccc([C@@H]2C(=C(O)c3ccc(Cl)cc3)C(=O)C(=O)N2CCCCCC(=O)O)cc1. The molecule has 168 valence electrons. The van der Waals surface area contributed by atoms with Gasteiger partial charge in [-0.25, -0.2) is 0 Å². The van der Waals surface area contributed by atoms with Gasteiger partial charge in [-0.15, -0.1) is 0 Å². The Morgan fingerprint density at radius 3 is 2.25 bits per heavy atom. The van der Waals surface area contributed by atoms with Crippen molar-refractivity contribution in [3.05, 3.63) is 70.3 Å². The fraction of sp³-hybridized carbons (Fsp3) is 0.292. The van der Waals surface area contributed by atoms with Gasteiger partial charge in [0.15, 0.2) is 0 Å². The molecule has 32 heavy (non-hydrogen) atoms. The molecule has 7 nitrogen and oxygen atoms in total. The molecule has 1 amide bonds. The Morgan fingerprint density at radius 2 is 1.66 bits per heavy atom. The van der Waals surface area contributed by atoms with Crippen LogP contribution in [0.1, 0.15) is 42.9 Å². The van der Waals surface area contributed by atoms with Crippen LogP contribution in [0.15, 0.2) is 54.1 Å². The number of aliphatic carboxylic acids is 1. The Bertz CT molecular complexity index is 1030. The number of nitrogens with zero attached hydrogens (tertiary/aromatic N) is 1. The topological polar surface area (TPSA) is 104 Å². The van der Waals surface area contributed by atoms with Gasteiger partial charge in [0.05, 0.1) is 18.7 Å². The molecule has 1 saturated heterocycles. The number of carboxylic acids is 1. The van der Waals surface area contributed by atoms with Gasteiger partial charge in [0.1, 0.15) is 11.5 Å². The minimum atomic E-state index is -0.869. The number of aliphatic hydroxyl groups is 1. The maximum atomic E-state index is 12.9. The predicted octanol–water partition coefficient (Wildman–Crippen LogP) is 4.42. The van der Waals surface area contributed by atoms with E-state index in [2.05, 4.69) is 0 Å². The Hall–Kier alpha value is -3.32. The number of hydrogen-bond donors (Lipinski definition) is 2. The van der Waals surface area contributed by atoms with E-state index in [9.17, 15) is 19.5 Å². The van der Waals surface area contributed by atoms with Crippen LogP contribution >= 0.6 is 11.6 Å². The molecule has 0 saturated carbocycles. The Balaban J connectivity index is 1.97. The summed E-state index contributed by atoms with van der Waals surface area (Å²) >= 11 is 5.93. The lowest BCUT2D eigenvalue weighted by molar-refractivity contribution is -0.140. The molecule has 1 fully saturated rings. The fourth-order valence-corrected chi connectivity index (χ4v) is 3.87. The second kappa shape index (κ2) is 10.3. The summed E-state index contributed by atoms with van der Waals surface area (Å²) in [5, 5.41) is 20.2. The van der Waals surface area contributed by atoms with Gasteiger partial charge in [-0.3, -0.25) is 14.4 Å². The number of halogens is 1. The summed E-state index contributed by atoms with van der Waals surface area (Å²) in [4.78, 5) is 38.0. The lowest BCUT2D eigenvalue weighted by Crippen LogP contribution is -2.30. The van der Waals surface area contributed by atoms with Crippen LogP contribution in [0.4, 0.5) is 0 Å². The fourth-order valence-electron chi connectivity index (χ4n) is 3.74. The van der Waals surface area contributed by atoms with Crippen molar-refractivity contribution in [3.8, 4) is 5.75 Å². The maximum absolute atomic E-state index is 12.9. The third-order valence-electron chi connectivity index (χ3n) is 5.38. The molecule has 1 aliphatic rings. The summed E-state index contributed by atoms with van der Waals surface area (Å²) in [6.07, 6.45) is 1.67. The summed E-state index contributed by atoms with van der Waals surface area (Å²) in [5.74, 6) is -1.97. The second-order valence-corrected chi connectivity index (χ2v) is 7.91. The lowest BCUT2D eigenvalue weighted by atomic mass is 9.95. The van der Waals surface area contributed by atoms with Gasteiger partial charge in [0, 0.05) is 23.6 Å². The number of carbonyl (C=O) groups excluding carboxylic acids is 2. The second-order valence-electron chi connectivity index (χ2n) is 7.48. The molecule has 1 aliphatic heterocycles. The number of carboxylic acid groups (broad SMARTS) is 1. The Labute approximate surface area is 190 Å². The van der Waals surface area contributed by atoms with Crippen LogP contribution in [0.25, 0.3) is 5.76 Å². The third-order valence-corrected chi connectivity index (χ3v) is 5.63. The molecule has 0 unspecified atom stereocenters. The van der Waals surface area contributed by atoms with E-state index >= 15 is 0 Å². The smallest absolute Gasteiger partial charge is 0.303 e. The van der Waals surface area contributed by atoms with Gasteiger partial charge >= 0.3 is 5.97 Å². The van der Waals surface area contributed by atoms with E-state index in [0.29, 0.717) is 41.2 Å². The van der Waals surface area contributed by atoms with Crippen molar-refractivity contribution >= 4 is 35.0 Å². The predicted molar refractivity (Wildman–Crippen MR) is 120 cm³/mol. The molecule has 8 heteroatoms. The maximum Gasteiger partial charge on any atom is 0.303 e. The summed E-state index contributed by atoms with van der Waals surface area (Å²) in [5.41, 5.74) is 1.05. The largest absolute Gasteiger partial charge is 0.507 e. The van der Waals surface area contributed by atoms with E-state index < -0.39 is 23.7 Å². The van der Waals surface area contributed by atoms with E-state index in [4.69, 9.17) is 21.4 Å². The van der Waals surface area contributed by atoms with E-state index in [-0.39, 0.29) is 24.3 Å². The zero-order valence-electron chi connectivity index (χ0n) is 17.6. The van der Waals surface area contributed by atoms with Gasteiger partial charge in [-0.05, 0) is 54.8 Å². The average molecular weight is 458 g/mol. The Morgan fingerprint density at radius 1 is 1.00 bits per heavy atom. The van der Waals surface area contributed by atoms with E-state index in [1.165, 1.54) is 4.90 Å². The van der Waals surface area contributed by atoms with Gasteiger partial charge in [-0.1, -0.05) is 30.2 Å². The van der Waals surface area contributed by atoms with Crippen molar-refractivity contribution in [3.63, 3.8) is 0 Å². The first-order valence-electron chi connectivity index (χ1n) is 10.2. The molecule has 1 heterocycles. The van der Waals surface area contributed by atoms with Crippen LogP contribution in [0.2, 0.25) is 5.02 Å². The third kappa shape index (κ3) is 5.11. The van der Waals surface area contributed by atoms with Crippen LogP contribution in [0, 0.1) is 0 Å². The highest BCUT2D eigenvalue weighted by atomic mass is 35.5. The standard InChI is InChI=1S/C24H24ClNO6/c1-32-18-12-8-15(9-13-18)21-20(22(29)16-6-10-17(25)11-7-16)23(30)24(31)26(21)14-4-2-3-5-19(27)28/h6-13,21,29H,2-5,14H2,1H3,(H,27,28)/t21-/m1/s1. The minimum absolute atomic E-state index is 0.00743. The number of carbonyl (C=O) groups is 3. The summed E-state index contributed by atoms with van der Waals surface area (Å²) in [6, 6.07) is 12.6. The number of aliphatic hydroxyl groups excluding tert-OH is 1. The highest BCUT2D eigenvalue weighted by molar-refractivity contribution is 6.46. The number of hydrogen-bond acceptors (Lipinski definition) is 5. The van der Waals surface area contributed by atoms with Crippen LogP contribution in [-0.2, 0) is 14.4 Å². The van der Waals surface area contributed by atoms with Gasteiger partial charge in [-0.2, -0.15) is 0 Å². The quantitative estimate of drug-likeness (QED) is 0.250. The van der Waals surface area contributed by atoms with Crippen molar-refractivity contribution < 1.29 is 29.3 Å². The van der Waals surface area contributed by atoms with Crippen molar-refractivity contribution in [2.75, 3.05) is 13.7 Å². The normalized spacial score (nSPS) is 17.6. The lowest BCUT2D eigenvalue weighted by Gasteiger charge is -2.25. The van der Waals surface area contributed by atoms with Crippen molar-refractivity contribution in [1.82, 2.24) is 4.90 Å². The summed E-state index contributed by atoms with van der Waals surface area (Å²) < 4.78 is 5.20. The number of amides is 1. The molecule has 0 radical (unpaired) electrons. The number of Topliss-reactive ketones (excluding diaryl/α,β-unsaturated/α-hetero) is 1. The average Bonchev–Trinajstić information content (AvgIpc) is 3.03. The highest BCUT2D eigenvalue weighted by Gasteiger charge is 2.45. The number of unbranched alkanes of at least 4 members (excludes halogenated alkanes) is 2. The number of ether oxygens (including phenoxy) is 1. The summed E-state index contributed by atoms with van der Waals surface area (Å²) in [6.45, 7) is 0.262. The van der Waals surface area contributed by atoms with Crippen LogP contribution in [-0.4, -0.2) is 46.4 Å². The molecule has 0 bridgehead atoms. The number of benzene rings is 2. The van der Waals surface area contributed by atoms with Crippen LogP contribution in [0.5, 0.6) is 5.75 Å². The van der Waals surface area contributed by atoms with Crippen molar-refractivity contribution in [1.29, 1.82) is 0 Å². The van der Waals surface area contributed by atoms with Gasteiger partial charge in [0.2, 0.25) is 0 Å². The molecule has 3 rings (SSSR count). The highest BCUT2D eigenvalue weighted by Crippen LogP contribution is 2.40. The molecule has 2 N–H and O–H groups in total. The van der Waals surface area contributed by atoms with Gasteiger partial charge < -0.3 is 19.8 Å². The minimum Gasteiger partial charge on any atom is -0.507 e. The zero-order chi connectivity index (χ0) is 23.3. The van der Waals surface area contributed by atoms with E-state index in [1.54, 1.807) is 55.6 Å². The number of likely N-dealkylation sites (tertiary alicyclic amines) is 1. The first-order chi connectivity index (χ1) is 15.3. The van der Waals surface area contributed by atoms with Crippen LogP contribution in [0.3, 0.4) is 0 Å². The summed E-state index contributed by atoms with van der Waals surface area (Å²) in [7, 11) is 1.54. The van der Waals surface area contributed by atoms with Crippen molar-refractivity contribution in [2.24, 2.45) is 0 Å². The van der Waals surface area contributed by atoms with Gasteiger partial charge in [0.25, 0.3) is 11.7 Å². The molecule has 0 aromatic heterocycles. The first-order valence-corrected chi connectivity index (χ1v) is 10.6. The molecule has 0 aliphatic carbocycles. The molecular weight excluding hydrogens is 434 g/mol. The first kappa shape index (κ1) is 23.3. The van der Waals surface area contributed by atoms with E-state index in [1.807, 2.05) is 0 Å². The van der Waals surface area contributed by atoms with Crippen LogP contribution < -0.4 is 4.74 Å². The zero-order valence-corrected chi connectivity index (χ0v) is 18.3. The molecular formula is C24H24ClNO6. The molecule has 2 aromatic carbocycles. The number of methoxy groups -OCH3 is 1. The van der Waals surface area contributed by atoms with Crippen molar-refractivity contribution in [2.45, 2.75) is 31.7 Å². The molecule has 2 aromatic rings. The molecule has 0 spiro atoms. The monoisotopic (exact) mass is 457 g/mol.